The van der Waals surface area contributed by atoms with Gasteiger partial charge in [-0.25, -0.2) is 9.52 Å². The molecule has 1 aliphatic rings. The Balaban J connectivity index is 1.58. The van der Waals surface area contributed by atoms with E-state index in [2.05, 4.69) is 10.4 Å². The third-order valence-electron chi connectivity index (χ3n) is 6.06. The molecular formula is C24H28BN5O6S. The van der Waals surface area contributed by atoms with E-state index in [1.165, 1.54) is 29.1 Å². The first-order valence-electron chi connectivity index (χ1n) is 11.8. The normalized spacial score (nSPS) is 13.2. The fourth-order valence-corrected chi connectivity index (χ4v) is 5.18. The molecule has 0 fully saturated rings. The van der Waals surface area contributed by atoms with Gasteiger partial charge in [-0.2, -0.15) is 13.5 Å². The standard InChI is InChI=1S/C24H28BN5O6S/c1-16(2)30-14-9-18(15-22(30)31)20-8-7-17-5-3-6-19(17)23(20)26-24(32)28-37(35,36)21-10-13-29(27-21)12-4-11-25(33)34/h4,7-11,13-16,33-34H,3,5-6,12H2,1-2H3,(H2,26,28,32)/b11-4+. The second-order valence-corrected chi connectivity index (χ2v) is 10.6. The molecule has 3 aromatic rings. The molecule has 0 unspecified atom stereocenters. The first-order chi connectivity index (χ1) is 17.5. The summed E-state index contributed by atoms with van der Waals surface area (Å²) in [5.74, 6) is 1.11. The summed E-state index contributed by atoms with van der Waals surface area (Å²) in [5.41, 5.74) is 3.53. The summed E-state index contributed by atoms with van der Waals surface area (Å²) in [7, 11) is -5.91. The average molecular weight is 525 g/mol. The first-order valence-corrected chi connectivity index (χ1v) is 13.3. The van der Waals surface area contributed by atoms with E-state index in [1.807, 2.05) is 30.7 Å². The van der Waals surface area contributed by atoms with Gasteiger partial charge < -0.3 is 19.9 Å². The molecule has 37 heavy (non-hydrogen) atoms. The van der Waals surface area contributed by atoms with Crippen LogP contribution in [-0.4, -0.2) is 46.0 Å². The fourth-order valence-electron chi connectivity index (χ4n) is 4.33. The molecule has 194 valence electrons. The van der Waals surface area contributed by atoms with Gasteiger partial charge in [-0.3, -0.25) is 9.48 Å². The van der Waals surface area contributed by atoms with Crippen LogP contribution < -0.4 is 15.6 Å². The molecule has 0 bridgehead atoms. The number of urea groups is 1. The number of allylic oxidation sites excluding steroid dienone is 1. The second-order valence-electron chi connectivity index (χ2n) is 9.01. The predicted molar refractivity (Wildman–Crippen MR) is 139 cm³/mol. The van der Waals surface area contributed by atoms with Gasteiger partial charge in [-0.05, 0) is 61.9 Å². The highest BCUT2D eigenvalue weighted by Gasteiger charge is 2.24. The maximum Gasteiger partial charge on any atom is 0.480 e. The van der Waals surface area contributed by atoms with Crippen LogP contribution in [0, 0.1) is 0 Å². The van der Waals surface area contributed by atoms with Crippen LogP contribution in [0.2, 0.25) is 0 Å². The van der Waals surface area contributed by atoms with E-state index >= 15 is 0 Å². The molecule has 0 saturated heterocycles. The Bertz CT molecular complexity index is 1510. The number of fused-ring (bicyclic) bond motifs is 1. The Hall–Kier alpha value is -3.68. The molecule has 1 aromatic carbocycles. The molecule has 0 atom stereocenters. The van der Waals surface area contributed by atoms with Crippen molar-refractivity contribution in [1.82, 2.24) is 19.1 Å². The number of carbonyl (C=O) groups is 1. The predicted octanol–water partition coefficient (Wildman–Crippen LogP) is 1.86. The zero-order valence-electron chi connectivity index (χ0n) is 20.5. The van der Waals surface area contributed by atoms with Crippen molar-refractivity contribution < 1.29 is 23.3 Å². The molecule has 0 saturated carbocycles. The van der Waals surface area contributed by atoms with Crippen LogP contribution in [0.3, 0.4) is 0 Å². The van der Waals surface area contributed by atoms with Gasteiger partial charge in [0.1, 0.15) is 0 Å². The van der Waals surface area contributed by atoms with E-state index in [1.54, 1.807) is 16.8 Å². The largest absolute Gasteiger partial charge is 0.480 e. The average Bonchev–Trinajstić information content (AvgIpc) is 3.48. The molecule has 11 nitrogen and oxygen atoms in total. The molecule has 2 amide bonds. The molecule has 4 rings (SSSR count). The minimum absolute atomic E-state index is 0.00378. The number of pyridine rings is 1. The third-order valence-corrected chi connectivity index (χ3v) is 7.28. The number of aryl methyl sites for hydroxylation is 1. The smallest absolute Gasteiger partial charge is 0.424 e. The van der Waals surface area contributed by atoms with Crippen LogP contribution in [0.4, 0.5) is 10.5 Å². The fraction of sp³-hybridized carbons (Fsp3) is 0.292. The van der Waals surface area contributed by atoms with Gasteiger partial charge in [0.05, 0.1) is 12.2 Å². The van der Waals surface area contributed by atoms with Crippen molar-refractivity contribution in [3.63, 3.8) is 0 Å². The molecule has 2 heterocycles. The Morgan fingerprint density at radius 3 is 2.68 bits per heavy atom. The molecule has 13 heteroatoms. The van der Waals surface area contributed by atoms with Crippen molar-refractivity contribution in [2.45, 2.75) is 50.7 Å². The van der Waals surface area contributed by atoms with Crippen molar-refractivity contribution in [3.8, 4) is 11.1 Å². The first kappa shape index (κ1) is 26.4. The summed E-state index contributed by atoms with van der Waals surface area (Å²) in [6.45, 7) is 3.93. The highest BCUT2D eigenvalue weighted by molar-refractivity contribution is 7.90. The van der Waals surface area contributed by atoms with Crippen LogP contribution >= 0.6 is 0 Å². The van der Waals surface area contributed by atoms with Gasteiger partial charge in [0.25, 0.3) is 15.6 Å². The summed E-state index contributed by atoms with van der Waals surface area (Å²) in [5, 5.41) is 24.0. The van der Waals surface area contributed by atoms with E-state index in [0.717, 1.165) is 36.4 Å². The molecule has 2 aromatic heterocycles. The zero-order chi connectivity index (χ0) is 26.7. The summed E-state index contributed by atoms with van der Waals surface area (Å²) < 4.78 is 30.4. The van der Waals surface area contributed by atoms with Gasteiger partial charge in [0.15, 0.2) is 5.03 Å². The maximum atomic E-state index is 12.9. The van der Waals surface area contributed by atoms with Crippen molar-refractivity contribution in [3.05, 3.63) is 76.3 Å². The Morgan fingerprint density at radius 1 is 1.19 bits per heavy atom. The zero-order valence-corrected chi connectivity index (χ0v) is 21.3. The van der Waals surface area contributed by atoms with Gasteiger partial charge >= 0.3 is 13.1 Å². The van der Waals surface area contributed by atoms with Gasteiger partial charge in [0, 0.05) is 30.1 Å². The highest BCUT2D eigenvalue weighted by atomic mass is 32.2. The molecule has 0 spiro atoms. The van der Waals surface area contributed by atoms with Crippen LogP contribution in [0.1, 0.15) is 37.4 Å². The quantitative estimate of drug-likeness (QED) is 0.327. The minimum atomic E-state index is -4.28. The lowest BCUT2D eigenvalue weighted by molar-refractivity contribution is 0.256. The summed E-state index contributed by atoms with van der Waals surface area (Å²) in [6, 6.07) is 7.39. The van der Waals surface area contributed by atoms with E-state index in [9.17, 15) is 18.0 Å². The summed E-state index contributed by atoms with van der Waals surface area (Å²) in [4.78, 5) is 25.5. The van der Waals surface area contributed by atoms with Crippen LogP contribution in [0.5, 0.6) is 0 Å². The maximum absolute atomic E-state index is 12.9. The number of anilines is 1. The number of nitrogens with one attached hydrogen (secondary N) is 2. The Morgan fingerprint density at radius 2 is 1.97 bits per heavy atom. The number of carbonyl (C=O) groups excluding carboxylic acids is 1. The molecule has 0 aliphatic heterocycles. The van der Waals surface area contributed by atoms with Crippen molar-refractivity contribution >= 4 is 28.9 Å². The van der Waals surface area contributed by atoms with Crippen LogP contribution in [0.15, 0.2) is 64.6 Å². The lowest BCUT2D eigenvalue weighted by Gasteiger charge is -2.17. The second kappa shape index (κ2) is 10.7. The van der Waals surface area contributed by atoms with Crippen molar-refractivity contribution in [2.75, 3.05) is 5.32 Å². The van der Waals surface area contributed by atoms with E-state index in [-0.39, 0.29) is 23.2 Å². The third kappa shape index (κ3) is 6.01. The van der Waals surface area contributed by atoms with Gasteiger partial charge in [0.2, 0.25) is 0 Å². The molecular weight excluding hydrogens is 497 g/mol. The Kier molecular flexibility index (Phi) is 7.67. The molecule has 4 N–H and O–H groups in total. The van der Waals surface area contributed by atoms with Crippen LogP contribution in [0.25, 0.3) is 11.1 Å². The number of aromatic nitrogens is 3. The van der Waals surface area contributed by atoms with E-state index < -0.39 is 23.2 Å². The van der Waals surface area contributed by atoms with Crippen molar-refractivity contribution in [1.29, 1.82) is 0 Å². The monoisotopic (exact) mass is 525 g/mol. The lowest BCUT2D eigenvalue weighted by atomic mass is 9.92. The number of nitrogens with zero attached hydrogens (tertiary/aromatic N) is 3. The number of rotatable bonds is 8. The SMILES string of the molecule is CC(C)n1ccc(-c2ccc3c(c2NC(=O)NS(=O)(=O)c2ccn(C/C=C/B(O)O)n2)CCC3)cc1=O. The number of benzene rings is 1. The summed E-state index contributed by atoms with van der Waals surface area (Å²) in [6.07, 6.45) is 6.97. The lowest BCUT2D eigenvalue weighted by Crippen LogP contribution is -2.35. The van der Waals surface area contributed by atoms with Gasteiger partial charge in [-0.1, -0.05) is 24.2 Å². The van der Waals surface area contributed by atoms with E-state index in [0.29, 0.717) is 16.8 Å². The van der Waals surface area contributed by atoms with Gasteiger partial charge in [-0.15, -0.1) is 0 Å². The summed E-state index contributed by atoms with van der Waals surface area (Å²) >= 11 is 0. The Labute approximate surface area is 214 Å². The number of hydrogen-bond acceptors (Lipinski definition) is 7. The number of hydrogen-bond donors (Lipinski definition) is 4. The number of amides is 2. The van der Waals surface area contributed by atoms with Crippen molar-refractivity contribution in [2.24, 2.45) is 0 Å². The number of sulfonamides is 1. The van der Waals surface area contributed by atoms with Crippen LogP contribution in [-0.2, 0) is 29.4 Å². The molecule has 1 aliphatic carbocycles. The topological polar surface area (TPSA) is 156 Å². The highest BCUT2D eigenvalue weighted by Crippen LogP contribution is 2.37. The van der Waals surface area contributed by atoms with E-state index in [4.69, 9.17) is 10.0 Å². The minimum Gasteiger partial charge on any atom is -0.424 e. The molecule has 0 radical (unpaired) electrons.